The van der Waals surface area contributed by atoms with Crippen LogP contribution >= 0.6 is 0 Å². The van der Waals surface area contributed by atoms with Crippen LogP contribution in [0.5, 0.6) is 0 Å². The summed E-state index contributed by atoms with van der Waals surface area (Å²) in [4.78, 5) is 2.22. The lowest BCUT2D eigenvalue weighted by atomic mass is 9.73. The molecule has 20 heavy (non-hydrogen) atoms. The number of nitrogens with zero attached hydrogens (tertiary/aromatic N) is 1. The average Bonchev–Trinajstić information content (AvgIpc) is 2.44. The number of likely N-dealkylation sites (N-methyl/N-ethyl adjacent to an activating group) is 1. The second-order valence-electron chi connectivity index (χ2n) is 6.18. The molecule has 1 aromatic carbocycles. The molecule has 1 aliphatic rings. The van der Waals surface area contributed by atoms with E-state index < -0.39 is 0 Å². The number of benzene rings is 1. The van der Waals surface area contributed by atoms with E-state index in [9.17, 15) is 4.39 Å². The van der Waals surface area contributed by atoms with Crippen molar-refractivity contribution in [2.75, 3.05) is 14.1 Å². The van der Waals surface area contributed by atoms with Gasteiger partial charge in [-0.15, -0.1) is 0 Å². The van der Waals surface area contributed by atoms with E-state index in [0.717, 1.165) is 18.4 Å². The Labute approximate surface area is 121 Å². The number of halogens is 1. The Hall–Kier alpha value is -0.970. The van der Waals surface area contributed by atoms with Crippen LogP contribution in [0.4, 0.5) is 4.39 Å². The van der Waals surface area contributed by atoms with Gasteiger partial charge in [-0.1, -0.05) is 37.0 Å². The summed E-state index contributed by atoms with van der Waals surface area (Å²) in [6.45, 7) is 1.99. The van der Waals surface area contributed by atoms with E-state index in [1.807, 2.05) is 13.0 Å². The molecule has 0 saturated heterocycles. The van der Waals surface area contributed by atoms with Crippen LogP contribution < -0.4 is 11.3 Å². The van der Waals surface area contributed by atoms with E-state index in [4.69, 9.17) is 5.84 Å². The second-order valence-corrected chi connectivity index (χ2v) is 6.18. The van der Waals surface area contributed by atoms with Crippen molar-refractivity contribution >= 4 is 0 Å². The maximum absolute atomic E-state index is 14.3. The summed E-state index contributed by atoms with van der Waals surface area (Å²) in [6.07, 6.45) is 5.68. The SMILES string of the molecule is Cc1ccc(F)c(C(NN)C2(N(C)C)CCCCC2)c1. The highest BCUT2D eigenvalue weighted by atomic mass is 19.1. The van der Waals surface area contributed by atoms with Gasteiger partial charge in [-0.25, -0.2) is 4.39 Å². The summed E-state index contributed by atoms with van der Waals surface area (Å²) >= 11 is 0. The molecule has 1 aromatic rings. The first-order valence-corrected chi connectivity index (χ1v) is 7.41. The number of hydrogen-bond acceptors (Lipinski definition) is 3. The van der Waals surface area contributed by atoms with Crippen LogP contribution in [0.15, 0.2) is 18.2 Å². The molecule has 1 fully saturated rings. The minimum atomic E-state index is -0.183. The van der Waals surface area contributed by atoms with E-state index >= 15 is 0 Å². The molecule has 3 nitrogen and oxygen atoms in total. The fourth-order valence-corrected chi connectivity index (χ4v) is 3.58. The Bertz CT molecular complexity index is 453. The summed E-state index contributed by atoms with van der Waals surface area (Å²) in [7, 11) is 4.15. The van der Waals surface area contributed by atoms with Crippen LogP contribution in [0.25, 0.3) is 0 Å². The van der Waals surface area contributed by atoms with Crippen LogP contribution in [0.3, 0.4) is 0 Å². The summed E-state index contributed by atoms with van der Waals surface area (Å²) in [5, 5.41) is 0. The van der Waals surface area contributed by atoms with Crippen LogP contribution in [0.2, 0.25) is 0 Å². The van der Waals surface area contributed by atoms with Crippen molar-refractivity contribution in [3.63, 3.8) is 0 Å². The number of nitrogens with one attached hydrogen (secondary N) is 1. The maximum Gasteiger partial charge on any atom is 0.128 e. The van der Waals surface area contributed by atoms with E-state index in [1.165, 1.54) is 19.3 Å². The molecule has 1 atom stereocenters. The molecule has 2 rings (SSSR count). The molecule has 3 N–H and O–H groups in total. The number of aryl methyl sites for hydroxylation is 1. The van der Waals surface area contributed by atoms with Crippen molar-refractivity contribution in [2.24, 2.45) is 5.84 Å². The van der Waals surface area contributed by atoms with Gasteiger partial charge in [0.15, 0.2) is 0 Å². The molecule has 4 heteroatoms. The number of nitrogens with two attached hydrogens (primary N) is 1. The van der Waals surface area contributed by atoms with Gasteiger partial charge in [0.05, 0.1) is 6.04 Å². The Morgan fingerprint density at radius 1 is 1.25 bits per heavy atom. The Morgan fingerprint density at radius 3 is 2.45 bits per heavy atom. The molecule has 112 valence electrons. The van der Waals surface area contributed by atoms with Crippen LogP contribution in [0.1, 0.15) is 49.3 Å². The van der Waals surface area contributed by atoms with Crippen LogP contribution in [0, 0.1) is 12.7 Å². The predicted octanol–water partition coefficient (Wildman–Crippen LogP) is 2.90. The molecule has 1 aliphatic carbocycles. The molecule has 0 heterocycles. The van der Waals surface area contributed by atoms with Gasteiger partial charge in [-0.2, -0.15) is 0 Å². The molecule has 0 spiro atoms. The monoisotopic (exact) mass is 279 g/mol. The third kappa shape index (κ3) is 2.73. The fraction of sp³-hybridized carbons (Fsp3) is 0.625. The van der Waals surface area contributed by atoms with Crippen molar-refractivity contribution < 1.29 is 4.39 Å². The van der Waals surface area contributed by atoms with Gasteiger partial charge < -0.3 is 4.90 Å². The van der Waals surface area contributed by atoms with Gasteiger partial charge >= 0.3 is 0 Å². The summed E-state index contributed by atoms with van der Waals surface area (Å²) < 4.78 is 14.3. The van der Waals surface area contributed by atoms with Gasteiger partial charge in [0.1, 0.15) is 5.82 Å². The smallest absolute Gasteiger partial charge is 0.128 e. The fourth-order valence-electron chi connectivity index (χ4n) is 3.58. The highest BCUT2D eigenvalue weighted by Gasteiger charge is 2.43. The summed E-state index contributed by atoms with van der Waals surface area (Å²) in [5.41, 5.74) is 4.53. The van der Waals surface area contributed by atoms with Crippen LogP contribution in [-0.4, -0.2) is 24.5 Å². The molecule has 0 amide bonds. The molecule has 0 bridgehead atoms. The zero-order valence-corrected chi connectivity index (χ0v) is 12.7. The minimum Gasteiger partial charge on any atom is -0.302 e. The first-order valence-electron chi connectivity index (χ1n) is 7.41. The third-order valence-electron chi connectivity index (χ3n) is 4.78. The van der Waals surface area contributed by atoms with Crippen molar-refractivity contribution in [3.05, 3.63) is 35.1 Å². The quantitative estimate of drug-likeness (QED) is 0.658. The van der Waals surface area contributed by atoms with Crippen molar-refractivity contribution in [3.8, 4) is 0 Å². The van der Waals surface area contributed by atoms with Gasteiger partial charge in [-0.3, -0.25) is 11.3 Å². The largest absolute Gasteiger partial charge is 0.302 e. The third-order valence-corrected chi connectivity index (χ3v) is 4.78. The Balaban J connectivity index is 2.45. The molecule has 1 saturated carbocycles. The first kappa shape index (κ1) is 15.4. The molecule has 0 aliphatic heterocycles. The lowest BCUT2D eigenvalue weighted by Crippen LogP contribution is -2.56. The van der Waals surface area contributed by atoms with Crippen molar-refractivity contribution in [1.29, 1.82) is 0 Å². The summed E-state index contributed by atoms with van der Waals surface area (Å²) in [6, 6.07) is 5.08. The highest BCUT2D eigenvalue weighted by Crippen LogP contribution is 2.42. The summed E-state index contributed by atoms with van der Waals surface area (Å²) in [5.74, 6) is 5.66. The van der Waals surface area contributed by atoms with Crippen molar-refractivity contribution in [1.82, 2.24) is 10.3 Å². The molecular weight excluding hydrogens is 253 g/mol. The van der Waals surface area contributed by atoms with Gasteiger partial charge in [-0.05, 0) is 39.9 Å². The second kappa shape index (κ2) is 6.20. The Kier molecular flexibility index (Phi) is 4.78. The predicted molar refractivity (Wildman–Crippen MR) is 80.7 cm³/mol. The zero-order valence-electron chi connectivity index (χ0n) is 12.7. The zero-order chi connectivity index (χ0) is 14.8. The van der Waals surface area contributed by atoms with Crippen LogP contribution in [-0.2, 0) is 0 Å². The Morgan fingerprint density at radius 2 is 1.90 bits per heavy atom. The number of hydrogen-bond donors (Lipinski definition) is 2. The molecule has 1 unspecified atom stereocenters. The topological polar surface area (TPSA) is 41.3 Å². The lowest BCUT2D eigenvalue weighted by molar-refractivity contribution is 0.0550. The number of hydrazine groups is 1. The highest BCUT2D eigenvalue weighted by molar-refractivity contribution is 5.30. The minimum absolute atomic E-state index is 0.109. The van der Waals surface area contributed by atoms with E-state index in [0.29, 0.717) is 5.56 Å². The van der Waals surface area contributed by atoms with E-state index in [2.05, 4.69) is 24.4 Å². The molecule has 0 radical (unpaired) electrons. The van der Waals surface area contributed by atoms with E-state index in [1.54, 1.807) is 12.1 Å². The maximum atomic E-state index is 14.3. The van der Waals surface area contributed by atoms with Gasteiger partial charge in [0.2, 0.25) is 0 Å². The molecular formula is C16H26FN3. The normalized spacial score (nSPS) is 20.1. The lowest BCUT2D eigenvalue weighted by Gasteiger charge is -2.48. The van der Waals surface area contributed by atoms with E-state index in [-0.39, 0.29) is 17.4 Å². The van der Waals surface area contributed by atoms with Gasteiger partial charge in [0, 0.05) is 11.1 Å². The first-order chi connectivity index (χ1) is 9.51. The van der Waals surface area contributed by atoms with Crippen molar-refractivity contribution in [2.45, 2.75) is 50.6 Å². The number of rotatable bonds is 4. The molecule has 0 aromatic heterocycles. The average molecular weight is 279 g/mol. The van der Waals surface area contributed by atoms with Gasteiger partial charge in [0.25, 0.3) is 0 Å². The standard InChI is InChI=1S/C16H26FN3/c1-12-7-8-14(17)13(11-12)15(19-18)16(20(2)3)9-5-4-6-10-16/h7-8,11,15,19H,4-6,9-10,18H2,1-3H3.